The maximum Gasteiger partial charge on any atom is 0.246 e. The summed E-state index contributed by atoms with van der Waals surface area (Å²) in [6.07, 6.45) is 6.38. The van der Waals surface area contributed by atoms with Gasteiger partial charge in [0.1, 0.15) is 0 Å². The van der Waals surface area contributed by atoms with Crippen molar-refractivity contribution >= 4 is 23.3 Å². The maximum absolute atomic E-state index is 12.8. The molecule has 0 aliphatic carbocycles. The molecule has 24 heavy (non-hydrogen) atoms. The first kappa shape index (κ1) is 16.9. The van der Waals surface area contributed by atoms with Crippen LogP contribution in [-0.4, -0.2) is 36.6 Å². The van der Waals surface area contributed by atoms with Gasteiger partial charge in [-0.15, -0.1) is 11.3 Å². The van der Waals surface area contributed by atoms with Gasteiger partial charge in [-0.2, -0.15) is 0 Å². The third-order valence-electron chi connectivity index (χ3n) is 4.31. The molecular formula is C20H23NO2S. The van der Waals surface area contributed by atoms with Gasteiger partial charge in [0.05, 0.1) is 0 Å². The molecule has 0 radical (unpaired) electrons. The van der Waals surface area contributed by atoms with Gasteiger partial charge in [-0.25, -0.2) is 0 Å². The van der Waals surface area contributed by atoms with Crippen molar-refractivity contribution in [2.75, 3.05) is 19.8 Å². The summed E-state index contributed by atoms with van der Waals surface area (Å²) in [5.74, 6) is 0.0994. The van der Waals surface area contributed by atoms with Crippen molar-refractivity contribution in [3.8, 4) is 0 Å². The molecule has 4 heteroatoms. The molecule has 2 aromatic rings. The van der Waals surface area contributed by atoms with Gasteiger partial charge in [0.2, 0.25) is 5.91 Å². The number of hydrogen-bond acceptors (Lipinski definition) is 3. The van der Waals surface area contributed by atoms with Gasteiger partial charge in [0.25, 0.3) is 0 Å². The molecule has 1 amide bonds. The van der Waals surface area contributed by atoms with Gasteiger partial charge in [0.15, 0.2) is 0 Å². The van der Waals surface area contributed by atoms with E-state index in [1.54, 1.807) is 17.4 Å². The molecule has 1 aromatic heterocycles. The number of carbonyl (C=O) groups excluding carboxylic acids is 1. The molecule has 2 heterocycles. The summed E-state index contributed by atoms with van der Waals surface area (Å²) in [5, 5.41) is 2.09. The molecule has 1 aromatic carbocycles. The van der Waals surface area contributed by atoms with E-state index in [9.17, 15) is 4.79 Å². The monoisotopic (exact) mass is 341 g/mol. The summed E-state index contributed by atoms with van der Waals surface area (Å²) < 4.78 is 5.46. The molecule has 0 unspecified atom stereocenters. The van der Waals surface area contributed by atoms with Crippen LogP contribution in [0.5, 0.6) is 0 Å². The maximum atomic E-state index is 12.8. The Kier molecular flexibility index (Phi) is 6.21. The summed E-state index contributed by atoms with van der Waals surface area (Å²) >= 11 is 1.75. The fraction of sp³-hybridized carbons (Fsp3) is 0.350. The highest BCUT2D eigenvalue weighted by molar-refractivity contribution is 7.09. The zero-order chi connectivity index (χ0) is 16.6. The minimum atomic E-state index is 0.0994. The molecule has 126 valence electrons. The SMILES string of the molecule is O=C(C=Cc1ccccc1)N(CCc1cccs1)C1CCOCC1. The van der Waals surface area contributed by atoms with Crippen LogP contribution in [0.4, 0.5) is 0 Å². The highest BCUT2D eigenvalue weighted by Gasteiger charge is 2.24. The summed E-state index contributed by atoms with van der Waals surface area (Å²) in [7, 11) is 0. The van der Waals surface area contributed by atoms with Crippen LogP contribution >= 0.6 is 11.3 Å². The van der Waals surface area contributed by atoms with Crippen LogP contribution in [0.15, 0.2) is 53.9 Å². The van der Waals surface area contributed by atoms with Crippen molar-refractivity contribution in [1.82, 2.24) is 4.90 Å². The molecule has 3 rings (SSSR count). The summed E-state index contributed by atoms with van der Waals surface area (Å²) in [6, 6.07) is 14.4. The lowest BCUT2D eigenvalue weighted by molar-refractivity contribution is -0.130. The molecule has 0 N–H and O–H groups in total. The Bertz CT molecular complexity index is 646. The molecule has 0 spiro atoms. The minimum Gasteiger partial charge on any atom is -0.381 e. The first-order valence-corrected chi connectivity index (χ1v) is 9.35. The molecule has 0 atom stereocenters. The number of thiophene rings is 1. The molecular weight excluding hydrogens is 318 g/mol. The largest absolute Gasteiger partial charge is 0.381 e. The number of amides is 1. The number of ether oxygens (including phenoxy) is 1. The fourth-order valence-corrected chi connectivity index (χ4v) is 3.68. The van der Waals surface area contributed by atoms with E-state index in [0.29, 0.717) is 0 Å². The van der Waals surface area contributed by atoms with Crippen LogP contribution < -0.4 is 0 Å². The van der Waals surface area contributed by atoms with Crippen LogP contribution in [-0.2, 0) is 16.0 Å². The average Bonchev–Trinajstić information content (AvgIpc) is 3.15. The van der Waals surface area contributed by atoms with E-state index in [2.05, 4.69) is 17.5 Å². The van der Waals surface area contributed by atoms with E-state index in [0.717, 1.165) is 44.6 Å². The van der Waals surface area contributed by atoms with Crippen LogP contribution in [0.1, 0.15) is 23.3 Å². The normalized spacial score (nSPS) is 15.7. The van der Waals surface area contributed by atoms with Crippen molar-refractivity contribution in [1.29, 1.82) is 0 Å². The zero-order valence-corrected chi connectivity index (χ0v) is 14.6. The Hall–Kier alpha value is -1.91. The lowest BCUT2D eigenvalue weighted by Crippen LogP contribution is -2.43. The molecule has 3 nitrogen and oxygen atoms in total. The lowest BCUT2D eigenvalue weighted by atomic mass is 10.1. The smallest absolute Gasteiger partial charge is 0.246 e. The third kappa shape index (κ3) is 4.79. The number of nitrogens with zero attached hydrogens (tertiary/aromatic N) is 1. The average molecular weight is 341 g/mol. The van der Waals surface area contributed by atoms with Crippen molar-refractivity contribution in [2.24, 2.45) is 0 Å². The summed E-state index contributed by atoms with van der Waals surface area (Å²) in [5.41, 5.74) is 1.05. The quantitative estimate of drug-likeness (QED) is 0.743. The molecule has 1 fully saturated rings. The molecule has 1 aliphatic heterocycles. The van der Waals surface area contributed by atoms with Gasteiger partial charge < -0.3 is 9.64 Å². The molecule has 0 saturated carbocycles. The second-order valence-corrected chi connectivity index (χ2v) is 6.98. The van der Waals surface area contributed by atoms with E-state index in [1.807, 2.05) is 41.3 Å². The Morgan fingerprint density at radius 2 is 1.96 bits per heavy atom. The highest BCUT2D eigenvalue weighted by Crippen LogP contribution is 2.18. The van der Waals surface area contributed by atoms with Gasteiger partial charge in [-0.1, -0.05) is 36.4 Å². The van der Waals surface area contributed by atoms with E-state index < -0.39 is 0 Å². The molecule has 0 bridgehead atoms. The number of carbonyl (C=O) groups is 1. The highest BCUT2D eigenvalue weighted by atomic mass is 32.1. The van der Waals surface area contributed by atoms with Crippen LogP contribution in [0.2, 0.25) is 0 Å². The summed E-state index contributed by atoms with van der Waals surface area (Å²) in [4.78, 5) is 16.1. The number of benzene rings is 1. The standard InChI is InChI=1S/C20H23NO2S/c22-20(9-8-17-5-2-1-3-6-17)21(18-11-14-23-15-12-18)13-10-19-7-4-16-24-19/h1-9,16,18H,10-15H2. The predicted molar refractivity (Wildman–Crippen MR) is 99.1 cm³/mol. The van der Waals surface area contributed by atoms with Crippen LogP contribution in [0, 0.1) is 0 Å². The predicted octanol–water partition coefficient (Wildman–Crippen LogP) is 4.01. The van der Waals surface area contributed by atoms with E-state index in [4.69, 9.17) is 4.74 Å². The van der Waals surface area contributed by atoms with Gasteiger partial charge >= 0.3 is 0 Å². The van der Waals surface area contributed by atoms with Crippen LogP contribution in [0.25, 0.3) is 6.08 Å². The fourth-order valence-electron chi connectivity index (χ4n) is 2.98. The second-order valence-electron chi connectivity index (χ2n) is 5.95. The zero-order valence-electron chi connectivity index (χ0n) is 13.8. The minimum absolute atomic E-state index is 0.0994. The lowest BCUT2D eigenvalue weighted by Gasteiger charge is -2.33. The Labute approximate surface area is 147 Å². The first-order chi connectivity index (χ1) is 11.8. The van der Waals surface area contributed by atoms with Crippen molar-refractivity contribution in [3.05, 3.63) is 64.4 Å². The van der Waals surface area contributed by atoms with Gasteiger partial charge in [-0.3, -0.25) is 4.79 Å². The topological polar surface area (TPSA) is 29.5 Å². The van der Waals surface area contributed by atoms with E-state index in [1.165, 1.54) is 4.88 Å². The Morgan fingerprint density at radius 3 is 2.67 bits per heavy atom. The van der Waals surface area contributed by atoms with Gasteiger partial charge in [0, 0.05) is 36.8 Å². The van der Waals surface area contributed by atoms with Crippen molar-refractivity contribution in [3.63, 3.8) is 0 Å². The van der Waals surface area contributed by atoms with Crippen molar-refractivity contribution < 1.29 is 9.53 Å². The van der Waals surface area contributed by atoms with Crippen LogP contribution in [0.3, 0.4) is 0 Å². The van der Waals surface area contributed by atoms with E-state index in [-0.39, 0.29) is 11.9 Å². The van der Waals surface area contributed by atoms with Gasteiger partial charge in [-0.05, 0) is 42.3 Å². The molecule has 1 aliphatic rings. The van der Waals surface area contributed by atoms with Crippen molar-refractivity contribution in [2.45, 2.75) is 25.3 Å². The number of hydrogen-bond donors (Lipinski definition) is 0. The first-order valence-electron chi connectivity index (χ1n) is 8.47. The van der Waals surface area contributed by atoms with E-state index >= 15 is 0 Å². The molecule has 1 saturated heterocycles. The Morgan fingerprint density at radius 1 is 1.17 bits per heavy atom. The third-order valence-corrected chi connectivity index (χ3v) is 5.25. The number of rotatable bonds is 6. The second kappa shape index (κ2) is 8.81. The summed E-state index contributed by atoms with van der Waals surface area (Å²) in [6.45, 7) is 2.26. The Balaban J connectivity index is 1.67.